The average Bonchev–Trinajstić information content (AvgIpc) is 2.38. The van der Waals surface area contributed by atoms with E-state index in [0.717, 1.165) is 19.6 Å². The standard InChI is InChI=1S/C16H25NO2/c1-11-10-12(2)14(4)15(13(11)3)16(6-7-17)18-8-5-9-19-16/h10H,5-9,17H2,1-4H3. The minimum atomic E-state index is -0.641. The molecule has 0 radical (unpaired) electrons. The molecule has 1 aromatic rings. The smallest absolute Gasteiger partial charge is 0.196 e. The van der Waals surface area contributed by atoms with Crippen molar-refractivity contribution in [1.82, 2.24) is 0 Å². The number of nitrogens with two attached hydrogens (primary N) is 1. The van der Waals surface area contributed by atoms with E-state index in [1.807, 2.05) is 0 Å². The molecule has 1 fully saturated rings. The van der Waals surface area contributed by atoms with Gasteiger partial charge in [-0.15, -0.1) is 0 Å². The summed E-state index contributed by atoms with van der Waals surface area (Å²) in [5, 5.41) is 0. The lowest BCUT2D eigenvalue weighted by Crippen LogP contribution is -2.41. The van der Waals surface area contributed by atoms with Crippen molar-refractivity contribution in [3.8, 4) is 0 Å². The highest BCUT2D eigenvalue weighted by atomic mass is 16.7. The van der Waals surface area contributed by atoms with Gasteiger partial charge in [0.1, 0.15) is 0 Å². The Morgan fingerprint density at radius 3 is 2.05 bits per heavy atom. The van der Waals surface area contributed by atoms with Gasteiger partial charge in [0.2, 0.25) is 0 Å². The maximum absolute atomic E-state index is 6.06. The summed E-state index contributed by atoms with van der Waals surface area (Å²) in [6.07, 6.45) is 1.66. The Hall–Kier alpha value is -0.900. The molecule has 2 N–H and O–H groups in total. The molecule has 1 aliphatic rings. The zero-order chi connectivity index (χ0) is 14.0. The molecule has 1 heterocycles. The van der Waals surface area contributed by atoms with Gasteiger partial charge in [0, 0.05) is 12.0 Å². The first-order valence-electron chi connectivity index (χ1n) is 7.07. The van der Waals surface area contributed by atoms with Crippen LogP contribution in [0.4, 0.5) is 0 Å². The van der Waals surface area contributed by atoms with Gasteiger partial charge >= 0.3 is 0 Å². The number of ether oxygens (including phenoxy) is 2. The van der Waals surface area contributed by atoms with Crippen LogP contribution in [0.2, 0.25) is 0 Å². The lowest BCUT2D eigenvalue weighted by molar-refractivity contribution is -0.279. The number of hydrogen-bond donors (Lipinski definition) is 1. The van der Waals surface area contributed by atoms with Gasteiger partial charge in [-0.2, -0.15) is 0 Å². The summed E-state index contributed by atoms with van der Waals surface area (Å²) in [5.74, 6) is -0.641. The van der Waals surface area contributed by atoms with Crippen molar-refractivity contribution in [3.63, 3.8) is 0 Å². The summed E-state index contributed by atoms with van der Waals surface area (Å²) in [6.45, 7) is 10.6. The van der Waals surface area contributed by atoms with E-state index in [2.05, 4.69) is 33.8 Å². The molecule has 106 valence electrons. The van der Waals surface area contributed by atoms with Crippen LogP contribution in [0, 0.1) is 27.7 Å². The molecule has 1 aliphatic heterocycles. The highest BCUT2D eigenvalue weighted by molar-refractivity contribution is 5.46. The molecule has 19 heavy (non-hydrogen) atoms. The van der Waals surface area contributed by atoms with Crippen LogP contribution < -0.4 is 5.73 Å². The van der Waals surface area contributed by atoms with Crippen molar-refractivity contribution >= 4 is 0 Å². The number of benzene rings is 1. The van der Waals surface area contributed by atoms with Gasteiger partial charge in [0.05, 0.1) is 13.2 Å². The van der Waals surface area contributed by atoms with Crippen LogP contribution in [0.25, 0.3) is 0 Å². The largest absolute Gasteiger partial charge is 0.346 e. The summed E-state index contributed by atoms with van der Waals surface area (Å²) >= 11 is 0. The monoisotopic (exact) mass is 263 g/mol. The van der Waals surface area contributed by atoms with Crippen molar-refractivity contribution < 1.29 is 9.47 Å². The normalized spacial score (nSPS) is 18.6. The van der Waals surface area contributed by atoms with E-state index in [1.165, 1.54) is 27.8 Å². The molecule has 0 saturated carbocycles. The zero-order valence-corrected chi connectivity index (χ0v) is 12.5. The fraction of sp³-hybridized carbons (Fsp3) is 0.625. The molecular formula is C16H25NO2. The Morgan fingerprint density at radius 2 is 1.58 bits per heavy atom. The topological polar surface area (TPSA) is 44.5 Å². The minimum absolute atomic E-state index is 0.561. The molecule has 0 amide bonds. The van der Waals surface area contributed by atoms with Crippen LogP contribution in [0.1, 0.15) is 40.7 Å². The van der Waals surface area contributed by atoms with Crippen LogP contribution in [0.3, 0.4) is 0 Å². The molecule has 3 nitrogen and oxygen atoms in total. The van der Waals surface area contributed by atoms with Gasteiger partial charge in [-0.25, -0.2) is 0 Å². The van der Waals surface area contributed by atoms with Crippen molar-refractivity contribution in [2.75, 3.05) is 19.8 Å². The summed E-state index contributed by atoms with van der Waals surface area (Å²) in [7, 11) is 0. The number of hydrogen-bond acceptors (Lipinski definition) is 3. The Kier molecular flexibility index (Phi) is 4.29. The average molecular weight is 263 g/mol. The van der Waals surface area contributed by atoms with E-state index < -0.39 is 5.79 Å². The third-order valence-corrected chi connectivity index (χ3v) is 4.18. The molecule has 2 rings (SSSR count). The van der Waals surface area contributed by atoms with E-state index in [0.29, 0.717) is 13.0 Å². The number of rotatable bonds is 3. The molecule has 0 aliphatic carbocycles. The quantitative estimate of drug-likeness (QED) is 0.912. The Bertz CT molecular complexity index is 431. The third-order valence-electron chi connectivity index (χ3n) is 4.18. The maximum atomic E-state index is 6.06. The van der Waals surface area contributed by atoms with E-state index in [1.54, 1.807) is 0 Å². The van der Waals surface area contributed by atoms with E-state index in [4.69, 9.17) is 15.2 Å². The molecule has 0 aromatic heterocycles. The first-order valence-corrected chi connectivity index (χ1v) is 7.07. The van der Waals surface area contributed by atoms with Crippen molar-refractivity contribution in [2.24, 2.45) is 5.73 Å². The van der Waals surface area contributed by atoms with Crippen LogP contribution in [0.5, 0.6) is 0 Å². The second-order valence-electron chi connectivity index (χ2n) is 5.48. The van der Waals surface area contributed by atoms with E-state index in [9.17, 15) is 0 Å². The van der Waals surface area contributed by atoms with Crippen LogP contribution in [-0.4, -0.2) is 19.8 Å². The van der Waals surface area contributed by atoms with E-state index >= 15 is 0 Å². The Balaban J connectivity index is 2.59. The maximum Gasteiger partial charge on any atom is 0.196 e. The van der Waals surface area contributed by atoms with Crippen molar-refractivity contribution in [1.29, 1.82) is 0 Å². The fourth-order valence-electron chi connectivity index (χ4n) is 2.97. The molecule has 0 atom stereocenters. The first kappa shape index (κ1) is 14.5. The lowest BCUT2D eigenvalue weighted by Gasteiger charge is -2.40. The lowest BCUT2D eigenvalue weighted by atomic mass is 9.87. The molecule has 0 unspecified atom stereocenters. The molecular weight excluding hydrogens is 238 g/mol. The van der Waals surface area contributed by atoms with Crippen LogP contribution >= 0.6 is 0 Å². The highest BCUT2D eigenvalue weighted by Crippen LogP contribution is 2.39. The molecule has 0 spiro atoms. The molecule has 0 bridgehead atoms. The number of aryl methyl sites for hydroxylation is 2. The van der Waals surface area contributed by atoms with Gasteiger partial charge in [0.15, 0.2) is 5.79 Å². The van der Waals surface area contributed by atoms with Crippen molar-refractivity contribution in [3.05, 3.63) is 33.9 Å². The van der Waals surface area contributed by atoms with E-state index in [-0.39, 0.29) is 0 Å². The zero-order valence-electron chi connectivity index (χ0n) is 12.5. The highest BCUT2D eigenvalue weighted by Gasteiger charge is 2.39. The summed E-state index contributed by atoms with van der Waals surface area (Å²) in [4.78, 5) is 0. The van der Waals surface area contributed by atoms with Gasteiger partial charge in [-0.3, -0.25) is 0 Å². The summed E-state index contributed by atoms with van der Waals surface area (Å²) in [5.41, 5.74) is 12.1. The van der Waals surface area contributed by atoms with Gasteiger partial charge in [-0.1, -0.05) is 6.07 Å². The van der Waals surface area contributed by atoms with Crippen molar-refractivity contribution in [2.45, 2.75) is 46.3 Å². The third kappa shape index (κ3) is 2.55. The van der Waals surface area contributed by atoms with Gasteiger partial charge < -0.3 is 15.2 Å². The Morgan fingerprint density at radius 1 is 1.05 bits per heavy atom. The molecule has 1 saturated heterocycles. The second-order valence-corrected chi connectivity index (χ2v) is 5.48. The van der Waals surface area contributed by atoms with Crippen LogP contribution in [0.15, 0.2) is 6.07 Å². The summed E-state index contributed by atoms with van der Waals surface area (Å²) in [6, 6.07) is 2.23. The Labute approximate surface area is 116 Å². The first-order chi connectivity index (χ1) is 9.02. The minimum Gasteiger partial charge on any atom is -0.346 e. The fourth-order valence-corrected chi connectivity index (χ4v) is 2.97. The molecule has 1 aromatic carbocycles. The predicted octanol–water partition coefficient (Wildman–Crippen LogP) is 2.86. The predicted molar refractivity (Wildman–Crippen MR) is 77.3 cm³/mol. The van der Waals surface area contributed by atoms with Gasteiger partial charge in [-0.05, 0) is 62.9 Å². The summed E-state index contributed by atoms with van der Waals surface area (Å²) < 4.78 is 12.1. The van der Waals surface area contributed by atoms with Gasteiger partial charge in [0.25, 0.3) is 0 Å². The SMILES string of the molecule is Cc1cc(C)c(C)c(C2(CCN)OCCCO2)c1C. The molecule has 3 heteroatoms. The second kappa shape index (κ2) is 5.61. The van der Waals surface area contributed by atoms with Crippen LogP contribution in [-0.2, 0) is 15.3 Å².